The number of hydrogen-bond donors (Lipinski definition) is 1. The van der Waals surface area contributed by atoms with Crippen LogP contribution in [-0.2, 0) is 11.3 Å². The van der Waals surface area contributed by atoms with Crippen LogP contribution in [0.2, 0.25) is 0 Å². The maximum absolute atomic E-state index is 13.5. The fraction of sp³-hybridized carbons (Fsp3) is 0.500. The van der Waals surface area contributed by atoms with Crippen molar-refractivity contribution < 1.29 is 14.3 Å². The van der Waals surface area contributed by atoms with Crippen molar-refractivity contribution in [3.63, 3.8) is 0 Å². The van der Waals surface area contributed by atoms with E-state index < -0.39 is 0 Å². The van der Waals surface area contributed by atoms with Crippen molar-refractivity contribution in [2.24, 2.45) is 11.7 Å². The summed E-state index contributed by atoms with van der Waals surface area (Å²) >= 11 is 0. The first-order valence-electron chi connectivity index (χ1n) is 15.8. The van der Waals surface area contributed by atoms with E-state index in [9.17, 15) is 9.59 Å². The second-order valence-corrected chi connectivity index (χ2v) is 12.9. The number of likely N-dealkylation sites (tertiary alicyclic amines) is 2. The number of para-hydroxylation sites is 1. The number of benzene rings is 1. The Bertz CT molecular complexity index is 1710. The maximum atomic E-state index is 13.5. The van der Waals surface area contributed by atoms with Gasteiger partial charge in [-0.25, -0.2) is 4.52 Å². The van der Waals surface area contributed by atoms with Crippen molar-refractivity contribution in [1.29, 1.82) is 0 Å². The highest BCUT2D eigenvalue weighted by Gasteiger charge is 2.30. The minimum Gasteiger partial charge on any atom is -0.494 e. The van der Waals surface area contributed by atoms with Crippen LogP contribution in [0.25, 0.3) is 27.8 Å². The van der Waals surface area contributed by atoms with Gasteiger partial charge < -0.3 is 24.8 Å². The number of aromatic nitrogens is 3. The zero-order valence-electron chi connectivity index (χ0n) is 25.5. The Morgan fingerprint density at radius 3 is 2.51 bits per heavy atom. The minimum atomic E-state index is -0.0339. The van der Waals surface area contributed by atoms with Crippen LogP contribution < -0.4 is 10.5 Å². The number of hydrogen-bond acceptors (Lipinski definition) is 5. The molecule has 0 bridgehead atoms. The summed E-state index contributed by atoms with van der Waals surface area (Å²) in [5.41, 5.74) is 13.3. The van der Waals surface area contributed by atoms with Gasteiger partial charge in [-0.05, 0) is 75.0 Å². The summed E-state index contributed by atoms with van der Waals surface area (Å²) in [6, 6.07) is 10.8. The van der Waals surface area contributed by atoms with Gasteiger partial charge in [-0.1, -0.05) is 18.2 Å². The van der Waals surface area contributed by atoms with Gasteiger partial charge in [0.15, 0.2) is 0 Å². The first-order chi connectivity index (χ1) is 20.8. The summed E-state index contributed by atoms with van der Waals surface area (Å²) in [5, 5.41) is 6.35. The molecule has 9 nitrogen and oxygen atoms in total. The zero-order chi connectivity index (χ0) is 29.8. The van der Waals surface area contributed by atoms with Gasteiger partial charge in [0.05, 0.1) is 23.9 Å². The van der Waals surface area contributed by atoms with Crippen LogP contribution in [0.5, 0.6) is 5.75 Å². The molecule has 0 spiro atoms. The van der Waals surface area contributed by atoms with E-state index in [0.29, 0.717) is 36.2 Å². The lowest BCUT2D eigenvalue weighted by atomic mass is 9.88. The lowest BCUT2D eigenvalue weighted by Crippen LogP contribution is -2.45. The number of piperidine rings is 2. The van der Waals surface area contributed by atoms with Crippen molar-refractivity contribution in [2.75, 3.05) is 33.3 Å². The van der Waals surface area contributed by atoms with Crippen molar-refractivity contribution in [3.8, 4) is 17.1 Å². The summed E-state index contributed by atoms with van der Waals surface area (Å²) in [6.45, 7) is 7.63. The number of aryl methyl sites for hydroxylation is 1. The molecular weight excluding hydrogens is 540 g/mol. The number of fused-ring (bicyclic) bond motifs is 2. The number of carbonyl (C=O) groups excluding carboxylic acids is 2. The van der Waals surface area contributed by atoms with Crippen molar-refractivity contribution in [2.45, 2.75) is 70.9 Å². The molecule has 3 aromatic heterocycles. The van der Waals surface area contributed by atoms with Crippen LogP contribution in [0.3, 0.4) is 0 Å². The molecule has 1 aromatic carbocycles. The quantitative estimate of drug-likeness (QED) is 0.346. The Morgan fingerprint density at radius 2 is 1.81 bits per heavy atom. The summed E-state index contributed by atoms with van der Waals surface area (Å²) in [7, 11) is 1.65. The Labute approximate surface area is 252 Å². The predicted octanol–water partition coefficient (Wildman–Crippen LogP) is 4.97. The van der Waals surface area contributed by atoms with Gasteiger partial charge >= 0.3 is 0 Å². The maximum Gasteiger partial charge on any atom is 0.255 e. The smallest absolute Gasteiger partial charge is 0.255 e. The molecule has 1 aliphatic carbocycles. The third-order valence-corrected chi connectivity index (χ3v) is 9.85. The average Bonchev–Trinajstić information content (AvgIpc) is 3.68. The summed E-state index contributed by atoms with van der Waals surface area (Å²) in [5.74, 6) is 1.87. The molecule has 2 amide bonds. The van der Waals surface area contributed by atoms with Crippen molar-refractivity contribution in [1.82, 2.24) is 24.0 Å². The largest absolute Gasteiger partial charge is 0.494 e. The van der Waals surface area contributed by atoms with Crippen LogP contribution in [0.15, 0.2) is 36.5 Å². The van der Waals surface area contributed by atoms with Gasteiger partial charge in [0.1, 0.15) is 17.0 Å². The first kappa shape index (κ1) is 28.0. The Morgan fingerprint density at radius 1 is 1.02 bits per heavy atom. The van der Waals surface area contributed by atoms with Crippen LogP contribution in [0.1, 0.15) is 72.9 Å². The van der Waals surface area contributed by atoms with Crippen LogP contribution >= 0.6 is 0 Å². The molecule has 3 fully saturated rings. The third kappa shape index (κ3) is 5.07. The molecule has 9 heteroatoms. The molecule has 2 aliphatic heterocycles. The number of amides is 2. The number of nitrogens with two attached hydrogens (primary N) is 1. The lowest BCUT2D eigenvalue weighted by Gasteiger charge is -2.32. The topological polar surface area (TPSA) is 98.1 Å². The standard InChI is InChI=1S/C34H42N6O3/c1-21-31(36-40-19-26(17-30(43-3)32(21)40)34(42)38-13-5-7-27(35)20-38)29-16-25-6-4-8-28(33(25)39(29)18-23-9-10-23)24-11-14-37(15-12-24)22(2)41/h4,6,8,16-17,19,23-24,27H,5,7,9-15,18,20,35H2,1-3H3. The number of nitrogens with zero attached hydrogens (tertiary/aromatic N) is 5. The van der Waals surface area contributed by atoms with Gasteiger partial charge in [0.25, 0.3) is 5.91 Å². The number of ether oxygens (including phenoxy) is 1. The molecule has 5 heterocycles. The monoisotopic (exact) mass is 582 g/mol. The van der Waals surface area contributed by atoms with E-state index in [4.69, 9.17) is 15.6 Å². The Kier molecular flexibility index (Phi) is 7.16. The zero-order valence-corrected chi connectivity index (χ0v) is 25.5. The Balaban J connectivity index is 1.32. The second kappa shape index (κ2) is 11.0. The fourth-order valence-corrected chi connectivity index (χ4v) is 7.31. The SMILES string of the molecule is COc1cc(C(=O)N2CCCC(N)C2)cn2nc(-c3cc4cccc(C5CCN(C(C)=O)CC5)c4n3CC3CC3)c(C)c12. The number of carbonyl (C=O) groups is 2. The normalized spacial score (nSPS) is 19.9. The minimum absolute atomic E-state index is 0.0156. The number of pyridine rings is 1. The Hall–Kier alpha value is -3.85. The number of rotatable bonds is 6. The molecule has 3 aliphatic rings. The third-order valence-electron chi connectivity index (χ3n) is 9.85. The summed E-state index contributed by atoms with van der Waals surface area (Å²) < 4.78 is 10.2. The molecule has 7 rings (SSSR count). The van der Waals surface area contributed by atoms with E-state index in [1.807, 2.05) is 26.6 Å². The predicted molar refractivity (Wildman–Crippen MR) is 167 cm³/mol. The van der Waals surface area contributed by atoms with Gasteiger partial charge in [-0.3, -0.25) is 9.59 Å². The molecule has 2 saturated heterocycles. The van der Waals surface area contributed by atoms with E-state index in [1.165, 1.54) is 29.3 Å². The first-order valence-corrected chi connectivity index (χ1v) is 15.8. The van der Waals surface area contributed by atoms with Gasteiger partial charge in [0, 0.05) is 62.8 Å². The molecule has 1 unspecified atom stereocenters. The summed E-state index contributed by atoms with van der Waals surface area (Å²) in [4.78, 5) is 29.3. The molecular formula is C34H42N6O3. The lowest BCUT2D eigenvalue weighted by molar-refractivity contribution is -0.129. The second-order valence-electron chi connectivity index (χ2n) is 12.9. The number of methoxy groups -OCH3 is 1. The van der Waals surface area contributed by atoms with E-state index >= 15 is 0 Å². The molecule has 0 radical (unpaired) electrons. The van der Waals surface area contributed by atoms with Gasteiger partial charge in [-0.2, -0.15) is 5.10 Å². The highest BCUT2D eigenvalue weighted by Crippen LogP contribution is 2.41. The molecule has 1 atom stereocenters. The van der Waals surface area contributed by atoms with E-state index in [1.54, 1.807) is 14.0 Å². The van der Waals surface area contributed by atoms with Crippen LogP contribution in [0, 0.1) is 12.8 Å². The molecule has 4 aromatic rings. The average molecular weight is 583 g/mol. The molecule has 2 N–H and O–H groups in total. The van der Waals surface area contributed by atoms with E-state index in [2.05, 4.69) is 35.8 Å². The van der Waals surface area contributed by atoms with Crippen LogP contribution in [-0.4, -0.2) is 75.1 Å². The van der Waals surface area contributed by atoms with Gasteiger partial charge in [0.2, 0.25) is 5.91 Å². The van der Waals surface area contributed by atoms with Crippen LogP contribution in [0.4, 0.5) is 0 Å². The summed E-state index contributed by atoms with van der Waals surface area (Å²) in [6.07, 6.45) is 8.17. The fourth-order valence-electron chi connectivity index (χ4n) is 7.31. The molecule has 43 heavy (non-hydrogen) atoms. The van der Waals surface area contributed by atoms with Gasteiger partial charge in [-0.15, -0.1) is 0 Å². The highest BCUT2D eigenvalue weighted by atomic mass is 16.5. The van der Waals surface area contributed by atoms with Crippen molar-refractivity contribution >= 4 is 28.2 Å². The molecule has 226 valence electrons. The molecule has 1 saturated carbocycles. The van der Waals surface area contributed by atoms with E-state index in [0.717, 1.165) is 67.8 Å². The highest BCUT2D eigenvalue weighted by molar-refractivity contribution is 5.96. The van der Waals surface area contributed by atoms with E-state index in [-0.39, 0.29) is 17.9 Å². The van der Waals surface area contributed by atoms with Crippen molar-refractivity contribution in [3.05, 3.63) is 53.2 Å².